The van der Waals surface area contributed by atoms with Crippen molar-refractivity contribution in [3.05, 3.63) is 128 Å². The minimum atomic E-state index is -0.210. The maximum atomic E-state index is 13.3. The zero-order chi connectivity index (χ0) is 24.2. The van der Waals surface area contributed by atoms with Gasteiger partial charge in [-0.1, -0.05) is 72.3 Å². The molecule has 0 saturated carbocycles. The molecule has 0 aliphatic rings. The normalized spacial score (nSPS) is 11.3. The number of hydrogen-bond donors (Lipinski definition) is 0. The lowest BCUT2D eigenvalue weighted by Crippen LogP contribution is -2.20. The third-order valence-electron chi connectivity index (χ3n) is 5.54. The molecular weight excluding hydrogens is 549 g/mol. The van der Waals surface area contributed by atoms with Gasteiger partial charge in [-0.25, -0.2) is 4.98 Å². The zero-order valence-electron chi connectivity index (χ0n) is 19.1. The second-order valence-corrected chi connectivity index (χ2v) is 9.31. The molecule has 5 rings (SSSR count). The Bertz CT molecular complexity index is 1590. The van der Waals surface area contributed by atoms with Gasteiger partial charge in [-0.05, 0) is 71.0 Å². The monoisotopic (exact) mass is 571 g/mol. The van der Waals surface area contributed by atoms with Gasteiger partial charge in [0.15, 0.2) is 5.82 Å². The van der Waals surface area contributed by atoms with Gasteiger partial charge in [0.25, 0.3) is 5.56 Å². The van der Waals surface area contributed by atoms with Crippen molar-refractivity contribution in [2.45, 2.75) is 13.5 Å². The van der Waals surface area contributed by atoms with E-state index in [1.165, 1.54) is 10.2 Å². The van der Waals surface area contributed by atoms with Crippen LogP contribution in [0.15, 0.2) is 107 Å². The molecule has 0 spiro atoms. The molecule has 1 aromatic heterocycles. The number of rotatable bonds is 6. The molecule has 0 saturated heterocycles. The third-order valence-corrected chi connectivity index (χ3v) is 6.38. The molecule has 0 unspecified atom stereocenters. The molecule has 0 N–H and O–H groups in total. The summed E-state index contributed by atoms with van der Waals surface area (Å²) in [4.78, 5) is 18.0. The number of nitrogens with zero attached hydrogens (tertiary/aromatic N) is 3. The second-order valence-electron chi connectivity index (χ2n) is 8.15. The standard InChI is InChI=1S/C29H22IN3O2/c1-20-8-7-9-22(16-20)19-35-27-15-14-21(17-25(27)30)18-31-33-28(23-10-3-2-4-11-23)32-26-13-6-5-12-24(26)29(33)34/h2-18H,19H2,1H3. The van der Waals surface area contributed by atoms with Crippen LogP contribution in [0.2, 0.25) is 0 Å². The summed E-state index contributed by atoms with van der Waals surface area (Å²) >= 11 is 2.26. The Hall–Kier alpha value is -3.78. The lowest BCUT2D eigenvalue weighted by Gasteiger charge is -2.10. The summed E-state index contributed by atoms with van der Waals surface area (Å²) in [5, 5.41) is 5.08. The highest BCUT2D eigenvalue weighted by Crippen LogP contribution is 2.23. The van der Waals surface area contributed by atoms with Crippen LogP contribution in [-0.2, 0) is 6.61 Å². The number of aryl methyl sites for hydroxylation is 1. The van der Waals surface area contributed by atoms with Gasteiger partial charge in [-0.3, -0.25) is 4.79 Å². The van der Waals surface area contributed by atoms with Gasteiger partial charge in [0.05, 0.1) is 20.7 Å². The van der Waals surface area contributed by atoms with Crippen molar-refractivity contribution in [1.29, 1.82) is 0 Å². The molecule has 0 radical (unpaired) electrons. The predicted molar refractivity (Wildman–Crippen MR) is 149 cm³/mol. The zero-order valence-corrected chi connectivity index (χ0v) is 21.2. The Morgan fingerprint density at radius 1 is 0.943 bits per heavy atom. The van der Waals surface area contributed by atoms with Crippen molar-refractivity contribution in [2.75, 3.05) is 0 Å². The van der Waals surface area contributed by atoms with E-state index in [1.54, 1.807) is 12.3 Å². The summed E-state index contributed by atoms with van der Waals surface area (Å²) < 4.78 is 8.35. The average molecular weight is 571 g/mol. The first-order valence-corrected chi connectivity index (χ1v) is 12.3. The predicted octanol–water partition coefficient (Wildman–Crippen LogP) is 6.44. The summed E-state index contributed by atoms with van der Waals surface area (Å²) in [6.07, 6.45) is 1.68. The summed E-state index contributed by atoms with van der Waals surface area (Å²) in [7, 11) is 0. The highest BCUT2D eigenvalue weighted by molar-refractivity contribution is 14.1. The molecule has 0 fully saturated rings. The Morgan fingerprint density at radius 3 is 2.54 bits per heavy atom. The quantitative estimate of drug-likeness (QED) is 0.174. The second kappa shape index (κ2) is 10.2. The van der Waals surface area contributed by atoms with Crippen LogP contribution in [0.1, 0.15) is 16.7 Å². The molecule has 35 heavy (non-hydrogen) atoms. The van der Waals surface area contributed by atoms with Gasteiger partial charge in [-0.2, -0.15) is 9.78 Å². The van der Waals surface area contributed by atoms with Gasteiger partial charge in [0.1, 0.15) is 12.4 Å². The molecule has 5 nitrogen and oxygen atoms in total. The Balaban J connectivity index is 1.46. The number of halogens is 1. The maximum Gasteiger partial charge on any atom is 0.282 e. The molecule has 0 aliphatic carbocycles. The van der Waals surface area contributed by atoms with Crippen LogP contribution in [0.5, 0.6) is 5.75 Å². The van der Waals surface area contributed by atoms with Crippen molar-refractivity contribution in [3.8, 4) is 17.1 Å². The van der Waals surface area contributed by atoms with E-state index in [2.05, 4.69) is 52.8 Å². The average Bonchev–Trinajstić information content (AvgIpc) is 2.88. The van der Waals surface area contributed by atoms with Gasteiger partial charge in [-0.15, -0.1) is 0 Å². The number of ether oxygens (including phenoxy) is 1. The van der Waals surface area contributed by atoms with Crippen molar-refractivity contribution in [1.82, 2.24) is 9.66 Å². The molecule has 4 aromatic carbocycles. The van der Waals surface area contributed by atoms with E-state index in [0.29, 0.717) is 23.3 Å². The smallest absolute Gasteiger partial charge is 0.282 e. The summed E-state index contributed by atoms with van der Waals surface area (Å²) in [5.74, 6) is 1.30. The lowest BCUT2D eigenvalue weighted by atomic mass is 10.1. The van der Waals surface area contributed by atoms with E-state index < -0.39 is 0 Å². The SMILES string of the molecule is Cc1cccc(COc2ccc(C=Nn3c(-c4ccccc4)nc4ccccc4c3=O)cc2I)c1. The fourth-order valence-electron chi connectivity index (χ4n) is 3.81. The fourth-order valence-corrected chi connectivity index (χ4v) is 4.50. The first-order valence-electron chi connectivity index (χ1n) is 11.2. The van der Waals surface area contributed by atoms with E-state index in [1.807, 2.05) is 72.8 Å². The summed E-state index contributed by atoms with van der Waals surface area (Å²) in [6, 6.07) is 31.1. The molecule has 6 heteroatoms. The molecule has 1 heterocycles. The largest absolute Gasteiger partial charge is 0.488 e. The number of benzene rings is 4. The highest BCUT2D eigenvalue weighted by Gasteiger charge is 2.12. The molecule has 0 atom stereocenters. The highest BCUT2D eigenvalue weighted by atomic mass is 127. The van der Waals surface area contributed by atoms with Crippen LogP contribution in [0.25, 0.3) is 22.3 Å². The molecule has 172 valence electrons. The molecule has 0 amide bonds. The molecule has 0 aliphatic heterocycles. The number of aromatic nitrogens is 2. The first-order chi connectivity index (χ1) is 17.1. The van der Waals surface area contributed by atoms with Crippen LogP contribution in [0.3, 0.4) is 0 Å². The number of hydrogen-bond acceptors (Lipinski definition) is 4. The Labute approximate surface area is 216 Å². The van der Waals surface area contributed by atoms with Crippen LogP contribution < -0.4 is 10.3 Å². The molecular formula is C29H22IN3O2. The van der Waals surface area contributed by atoms with Crippen LogP contribution in [0, 0.1) is 10.5 Å². The fraction of sp³-hybridized carbons (Fsp3) is 0.0690. The van der Waals surface area contributed by atoms with E-state index in [4.69, 9.17) is 9.72 Å². The summed E-state index contributed by atoms with van der Waals surface area (Å²) in [5.41, 5.74) is 4.45. The van der Waals surface area contributed by atoms with Crippen LogP contribution >= 0.6 is 22.6 Å². The topological polar surface area (TPSA) is 56.5 Å². The van der Waals surface area contributed by atoms with Crippen molar-refractivity contribution in [3.63, 3.8) is 0 Å². The number of fused-ring (bicyclic) bond motifs is 1. The van der Waals surface area contributed by atoms with Gasteiger partial charge < -0.3 is 4.74 Å². The number of para-hydroxylation sites is 1. The van der Waals surface area contributed by atoms with Crippen LogP contribution in [0.4, 0.5) is 0 Å². The first kappa shape index (κ1) is 23.0. The van der Waals surface area contributed by atoms with Crippen molar-refractivity contribution in [2.24, 2.45) is 5.10 Å². The minimum absolute atomic E-state index is 0.210. The third kappa shape index (κ3) is 5.17. The van der Waals surface area contributed by atoms with Gasteiger partial charge in [0.2, 0.25) is 0 Å². The van der Waals surface area contributed by atoms with Crippen molar-refractivity contribution >= 4 is 39.7 Å². The van der Waals surface area contributed by atoms with E-state index in [0.717, 1.165) is 26.0 Å². The van der Waals surface area contributed by atoms with Crippen molar-refractivity contribution < 1.29 is 4.74 Å². The summed E-state index contributed by atoms with van der Waals surface area (Å²) in [6.45, 7) is 2.57. The van der Waals surface area contributed by atoms with E-state index in [-0.39, 0.29) is 5.56 Å². The minimum Gasteiger partial charge on any atom is -0.488 e. The lowest BCUT2D eigenvalue weighted by molar-refractivity contribution is 0.304. The van der Waals surface area contributed by atoms with E-state index >= 15 is 0 Å². The Kier molecular flexibility index (Phi) is 6.72. The molecule has 0 bridgehead atoms. The maximum absolute atomic E-state index is 13.3. The Morgan fingerprint density at radius 2 is 1.74 bits per heavy atom. The molecule has 5 aromatic rings. The van der Waals surface area contributed by atoms with Gasteiger partial charge in [0, 0.05) is 5.56 Å². The van der Waals surface area contributed by atoms with E-state index in [9.17, 15) is 4.79 Å². The van der Waals surface area contributed by atoms with Crippen LogP contribution in [-0.4, -0.2) is 15.9 Å². The van der Waals surface area contributed by atoms with Gasteiger partial charge >= 0.3 is 0 Å².